The number of nitrogens with one attached hydrogen (secondary N) is 2. The molecule has 0 aliphatic heterocycles. The van der Waals surface area contributed by atoms with Crippen LogP contribution in [0.2, 0.25) is 0 Å². The summed E-state index contributed by atoms with van der Waals surface area (Å²) in [5.41, 5.74) is 3.39. The Kier molecular flexibility index (Phi) is 4.36. The van der Waals surface area contributed by atoms with Crippen LogP contribution in [-0.4, -0.2) is 11.8 Å². The van der Waals surface area contributed by atoms with E-state index in [1.54, 1.807) is 13.8 Å². The van der Waals surface area contributed by atoms with Gasteiger partial charge in [0.05, 0.1) is 0 Å². The average Bonchev–Trinajstić information content (AvgIpc) is 2.12. The molecule has 0 atom stereocenters. The van der Waals surface area contributed by atoms with E-state index in [-0.39, 0.29) is 18.2 Å². The number of hydrazine groups is 2. The van der Waals surface area contributed by atoms with Crippen LogP contribution in [0.3, 0.4) is 0 Å². The molecular weight excluding hydrogens is 172 g/mol. The highest BCUT2D eigenvalue weighted by Crippen LogP contribution is 2.21. The molecule has 0 aromatic carbocycles. The lowest BCUT2D eigenvalue weighted by molar-refractivity contribution is -0.130. The second-order valence-electron chi connectivity index (χ2n) is 3.42. The van der Waals surface area contributed by atoms with Crippen LogP contribution >= 0.6 is 0 Å². The number of nitrogens with two attached hydrogens (primary N) is 2. The van der Waals surface area contributed by atoms with Gasteiger partial charge in [-0.1, -0.05) is 13.8 Å². The average molecular weight is 188 g/mol. The van der Waals surface area contributed by atoms with E-state index < -0.39 is 5.41 Å². The summed E-state index contributed by atoms with van der Waals surface area (Å²) >= 11 is 0. The SMILES string of the molecule is CC(C)(CCC(=O)NN)C(=O)NN. The zero-order valence-corrected chi connectivity index (χ0v) is 7.89. The van der Waals surface area contributed by atoms with E-state index in [0.717, 1.165) is 0 Å². The summed E-state index contributed by atoms with van der Waals surface area (Å²) in [5.74, 6) is 9.27. The van der Waals surface area contributed by atoms with E-state index in [1.807, 2.05) is 10.9 Å². The van der Waals surface area contributed by atoms with Gasteiger partial charge in [0.25, 0.3) is 0 Å². The minimum atomic E-state index is -0.652. The van der Waals surface area contributed by atoms with Crippen molar-refractivity contribution >= 4 is 11.8 Å². The first-order valence-electron chi connectivity index (χ1n) is 3.94. The molecule has 0 heterocycles. The third-order valence-corrected chi connectivity index (χ3v) is 1.88. The zero-order chi connectivity index (χ0) is 10.5. The fraction of sp³-hybridized carbons (Fsp3) is 0.714. The number of rotatable bonds is 4. The fourth-order valence-electron chi connectivity index (χ4n) is 0.807. The van der Waals surface area contributed by atoms with Crippen LogP contribution in [0.1, 0.15) is 26.7 Å². The topological polar surface area (TPSA) is 110 Å². The Bertz CT molecular complexity index is 203. The highest BCUT2D eigenvalue weighted by Gasteiger charge is 2.27. The molecule has 0 aromatic heterocycles. The lowest BCUT2D eigenvalue weighted by Crippen LogP contribution is -2.42. The fourth-order valence-corrected chi connectivity index (χ4v) is 0.807. The summed E-state index contributed by atoms with van der Waals surface area (Å²) in [6, 6.07) is 0. The van der Waals surface area contributed by atoms with Crippen LogP contribution in [0, 0.1) is 5.41 Å². The van der Waals surface area contributed by atoms with Gasteiger partial charge in [-0.05, 0) is 6.42 Å². The lowest BCUT2D eigenvalue weighted by Gasteiger charge is -2.21. The first-order chi connectivity index (χ1) is 5.94. The minimum absolute atomic E-state index is 0.205. The maximum Gasteiger partial charge on any atom is 0.239 e. The molecule has 0 bridgehead atoms. The molecule has 0 spiro atoms. The molecule has 6 heteroatoms. The quantitative estimate of drug-likeness (QED) is 0.251. The van der Waals surface area contributed by atoms with E-state index >= 15 is 0 Å². The largest absolute Gasteiger partial charge is 0.294 e. The van der Waals surface area contributed by atoms with Crippen LogP contribution in [0.4, 0.5) is 0 Å². The van der Waals surface area contributed by atoms with Gasteiger partial charge in [0, 0.05) is 11.8 Å². The number of hydrogen-bond donors (Lipinski definition) is 4. The van der Waals surface area contributed by atoms with Crippen molar-refractivity contribution in [2.45, 2.75) is 26.7 Å². The summed E-state index contributed by atoms with van der Waals surface area (Å²) in [7, 11) is 0. The number of hydrogen-bond acceptors (Lipinski definition) is 4. The van der Waals surface area contributed by atoms with Crippen molar-refractivity contribution in [3.8, 4) is 0 Å². The molecule has 0 aromatic rings. The summed E-state index contributed by atoms with van der Waals surface area (Å²) in [5, 5.41) is 0. The molecule has 0 aliphatic rings. The minimum Gasteiger partial charge on any atom is -0.294 e. The second kappa shape index (κ2) is 4.78. The monoisotopic (exact) mass is 188 g/mol. The Morgan fingerprint density at radius 3 is 2.15 bits per heavy atom. The molecule has 6 N–H and O–H groups in total. The van der Waals surface area contributed by atoms with Gasteiger partial charge in [-0.25, -0.2) is 11.7 Å². The van der Waals surface area contributed by atoms with Gasteiger partial charge in [-0.3, -0.25) is 20.4 Å². The molecule has 0 rings (SSSR count). The zero-order valence-electron chi connectivity index (χ0n) is 7.89. The van der Waals surface area contributed by atoms with Gasteiger partial charge in [0.2, 0.25) is 11.8 Å². The van der Waals surface area contributed by atoms with Gasteiger partial charge in [-0.2, -0.15) is 0 Å². The van der Waals surface area contributed by atoms with Crippen molar-refractivity contribution in [1.82, 2.24) is 10.9 Å². The number of carbonyl (C=O) groups is 2. The summed E-state index contributed by atoms with van der Waals surface area (Å²) in [6.07, 6.45) is 0.607. The molecule has 0 unspecified atom stereocenters. The van der Waals surface area contributed by atoms with E-state index in [0.29, 0.717) is 6.42 Å². The van der Waals surface area contributed by atoms with Crippen LogP contribution in [-0.2, 0) is 9.59 Å². The van der Waals surface area contributed by atoms with Crippen molar-refractivity contribution in [2.75, 3.05) is 0 Å². The summed E-state index contributed by atoms with van der Waals surface area (Å²) in [4.78, 5) is 21.9. The molecule has 2 amide bonds. The highest BCUT2D eigenvalue weighted by molar-refractivity contribution is 5.82. The molecule has 0 saturated carbocycles. The standard InChI is InChI=1S/C7H16N4O2/c1-7(2,6(13)11-9)4-3-5(12)10-8/h3-4,8-9H2,1-2H3,(H,10,12)(H,11,13). The van der Waals surface area contributed by atoms with Gasteiger partial charge in [-0.15, -0.1) is 0 Å². The molecule has 0 radical (unpaired) electrons. The molecule has 0 aliphatic carbocycles. The third kappa shape index (κ3) is 3.86. The smallest absolute Gasteiger partial charge is 0.239 e. The number of carbonyl (C=O) groups excluding carboxylic acids is 2. The highest BCUT2D eigenvalue weighted by atomic mass is 16.2. The van der Waals surface area contributed by atoms with Gasteiger partial charge < -0.3 is 0 Å². The first kappa shape index (κ1) is 11.9. The first-order valence-corrected chi connectivity index (χ1v) is 3.94. The van der Waals surface area contributed by atoms with E-state index in [2.05, 4.69) is 0 Å². The lowest BCUT2D eigenvalue weighted by atomic mass is 9.87. The third-order valence-electron chi connectivity index (χ3n) is 1.88. The summed E-state index contributed by atoms with van der Waals surface area (Å²) < 4.78 is 0. The Hall–Kier alpha value is -1.14. The van der Waals surface area contributed by atoms with E-state index in [9.17, 15) is 9.59 Å². The van der Waals surface area contributed by atoms with Crippen LogP contribution in [0.15, 0.2) is 0 Å². The molecule has 6 nitrogen and oxygen atoms in total. The van der Waals surface area contributed by atoms with Crippen molar-refractivity contribution < 1.29 is 9.59 Å². The molecule has 0 saturated heterocycles. The molecule has 76 valence electrons. The van der Waals surface area contributed by atoms with Crippen LogP contribution in [0.5, 0.6) is 0 Å². The van der Waals surface area contributed by atoms with Crippen molar-refractivity contribution in [2.24, 2.45) is 17.1 Å². The maximum atomic E-state index is 11.1. The van der Waals surface area contributed by atoms with Crippen LogP contribution < -0.4 is 22.5 Å². The molecular formula is C7H16N4O2. The van der Waals surface area contributed by atoms with Crippen LogP contribution in [0.25, 0.3) is 0 Å². The van der Waals surface area contributed by atoms with Crippen molar-refractivity contribution in [1.29, 1.82) is 0 Å². The Morgan fingerprint density at radius 1 is 1.23 bits per heavy atom. The predicted octanol–water partition coefficient (Wildman–Crippen LogP) is -1.23. The Morgan fingerprint density at radius 2 is 1.77 bits per heavy atom. The van der Waals surface area contributed by atoms with Crippen molar-refractivity contribution in [3.05, 3.63) is 0 Å². The second-order valence-corrected chi connectivity index (χ2v) is 3.42. The maximum absolute atomic E-state index is 11.1. The molecule has 0 fully saturated rings. The van der Waals surface area contributed by atoms with Crippen molar-refractivity contribution in [3.63, 3.8) is 0 Å². The predicted molar refractivity (Wildman–Crippen MR) is 47.7 cm³/mol. The molecule has 13 heavy (non-hydrogen) atoms. The summed E-state index contributed by atoms with van der Waals surface area (Å²) in [6.45, 7) is 3.41. The Balaban J connectivity index is 4.03. The van der Waals surface area contributed by atoms with Gasteiger partial charge >= 0.3 is 0 Å². The Labute approximate surface area is 77.0 Å². The van der Waals surface area contributed by atoms with E-state index in [4.69, 9.17) is 11.7 Å². The normalized spacial score (nSPS) is 10.8. The van der Waals surface area contributed by atoms with Gasteiger partial charge in [0.1, 0.15) is 0 Å². The van der Waals surface area contributed by atoms with E-state index in [1.165, 1.54) is 0 Å². The van der Waals surface area contributed by atoms with Gasteiger partial charge in [0.15, 0.2) is 0 Å². The number of amides is 2.